The van der Waals surface area contributed by atoms with Crippen molar-refractivity contribution in [3.8, 4) is 0 Å². The zero-order chi connectivity index (χ0) is 12.6. The van der Waals surface area contributed by atoms with Crippen LogP contribution in [0.15, 0.2) is 29.2 Å². The van der Waals surface area contributed by atoms with E-state index in [0.29, 0.717) is 11.1 Å². The van der Waals surface area contributed by atoms with Crippen LogP contribution < -0.4 is 29.6 Å². The average Bonchev–Trinajstić information content (AvgIpc) is 2.27. The number of fused-ring (bicyclic) bond motifs is 1. The van der Waals surface area contributed by atoms with Gasteiger partial charge in [0.05, 0.1) is 10.5 Å². The third-order valence-electron chi connectivity index (χ3n) is 2.46. The first kappa shape index (κ1) is 15.3. The molecule has 0 aromatic heterocycles. The Morgan fingerprint density at radius 3 is 2.50 bits per heavy atom. The number of rotatable bonds is 1. The van der Waals surface area contributed by atoms with Crippen molar-refractivity contribution < 1.29 is 52.4 Å². The van der Waals surface area contributed by atoms with E-state index in [0.717, 1.165) is 6.08 Å². The van der Waals surface area contributed by atoms with Crippen molar-refractivity contribution in [3.63, 3.8) is 0 Å². The number of hydrogen-bond acceptors (Lipinski definition) is 4. The molecule has 2 rings (SSSR count). The fourth-order valence-corrected chi connectivity index (χ4v) is 2.34. The Bertz CT molecular complexity index is 662. The van der Waals surface area contributed by atoms with Crippen LogP contribution in [0.5, 0.6) is 0 Å². The Kier molecular flexibility index (Phi) is 4.63. The molecule has 1 N–H and O–H groups in total. The average molecular weight is 274 g/mol. The van der Waals surface area contributed by atoms with Gasteiger partial charge in [-0.15, -0.1) is 0 Å². The SMILES string of the molecule is [N-]=[N+]=C1c2ccccc2C=C(S(=O)(=O)[O-])C1O.[Na+]. The molecule has 0 spiro atoms. The summed E-state index contributed by atoms with van der Waals surface area (Å²) in [5, 5.41) is 9.67. The van der Waals surface area contributed by atoms with Crippen molar-refractivity contribution >= 4 is 21.9 Å². The molecule has 6 nitrogen and oxygen atoms in total. The maximum absolute atomic E-state index is 10.9. The van der Waals surface area contributed by atoms with Crippen molar-refractivity contribution in [3.05, 3.63) is 45.8 Å². The smallest absolute Gasteiger partial charge is 0.744 e. The molecular formula is C10H7N2NaO4S. The Morgan fingerprint density at radius 1 is 1.33 bits per heavy atom. The predicted molar refractivity (Wildman–Crippen MR) is 57.9 cm³/mol. The Morgan fingerprint density at radius 2 is 1.94 bits per heavy atom. The van der Waals surface area contributed by atoms with Crippen LogP contribution in [-0.2, 0) is 10.1 Å². The quantitative estimate of drug-likeness (QED) is 0.254. The van der Waals surface area contributed by atoms with Gasteiger partial charge in [-0.1, -0.05) is 18.2 Å². The molecule has 1 aromatic rings. The number of nitrogens with zero attached hydrogens (tertiary/aromatic N) is 2. The Hall–Kier alpha value is -0.790. The van der Waals surface area contributed by atoms with Crippen LogP contribution in [0.25, 0.3) is 11.6 Å². The van der Waals surface area contributed by atoms with E-state index in [2.05, 4.69) is 4.79 Å². The van der Waals surface area contributed by atoms with E-state index in [1.807, 2.05) is 0 Å². The molecule has 0 aliphatic heterocycles. The van der Waals surface area contributed by atoms with Crippen LogP contribution in [0.3, 0.4) is 0 Å². The van der Waals surface area contributed by atoms with Crippen molar-refractivity contribution in [2.24, 2.45) is 0 Å². The van der Waals surface area contributed by atoms with Crippen molar-refractivity contribution in [2.75, 3.05) is 0 Å². The summed E-state index contributed by atoms with van der Waals surface area (Å²) < 4.78 is 32.8. The van der Waals surface area contributed by atoms with Gasteiger partial charge in [0.1, 0.15) is 10.1 Å². The number of aliphatic hydroxyl groups is 1. The van der Waals surface area contributed by atoms with Gasteiger partial charge in [-0.3, -0.25) is 0 Å². The van der Waals surface area contributed by atoms with E-state index in [-0.39, 0.29) is 35.3 Å². The standard InChI is InChI=1S/C10H8N2O4S.Na/c11-12-9-7-4-2-1-3-6(7)5-8(10(9)13)17(14,15)16;/h1-5,10,13H,(H,14,15,16);/q;+1/p-1. The van der Waals surface area contributed by atoms with E-state index in [1.165, 1.54) is 0 Å². The summed E-state index contributed by atoms with van der Waals surface area (Å²) in [6, 6.07) is 6.38. The fraction of sp³-hybridized carbons (Fsp3) is 0.100. The minimum atomic E-state index is -4.79. The fourth-order valence-electron chi connectivity index (χ4n) is 1.69. The molecule has 88 valence electrons. The summed E-state index contributed by atoms with van der Waals surface area (Å²) in [6.45, 7) is 0. The minimum absolute atomic E-state index is 0. The topological polar surface area (TPSA) is 114 Å². The summed E-state index contributed by atoms with van der Waals surface area (Å²) in [7, 11) is -4.79. The molecular weight excluding hydrogens is 267 g/mol. The largest absolute Gasteiger partial charge is 1.00 e. The van der Waals surface area contributed by atoms with Gasteiger partial charge in [-0.2, -0.15) is 4.79 Å². The Labute approximate surface area is 126 Å². The number of hydrogen-bond donors (Lipinski definition) is 1. The van der Waals surface area contributed by atoms with E-state index in [1.54, 1.807) is 24.3 Å². The van der Waals surface area contributed by atoms with Gasteiger partial charge in [0.2, 0.25) is 0 Å². The zero-order valence-electron chi connectivity index (χ0n) is 9.44. The van der Waals surface area contributed by atoms with Crippen LogP contribution in [0.2, 0.25) is 0 Å². The first-order valence-corrected chi connectivity index (χ1v) is 6.03. The first-order valence-electron chi connectivity index (χ1n) is 4.62. The molecule has 1 aliphatic rings. The van der Waals surface area contributed by atoms with E-state index < -0.39 is 21.1 Å². The third-order valence-corrected chi connectivity index (χ3v) is 3.38. The summed E-state index contributed by atoms with van der Waals surface area (Å²) in [5.41, 5.74) is 9.33. The predicted octanol–water partition coefficient (Wildman–Crippen LogP) is -3.03. The third kappa shape index (κ3) is 2.62. The Balaban J connectivity index is 0.00000162. The van der Waals surface area contributed by atoms with Gasteiger partial charge in [0.15, 0.2) is 6.10 Å². The molecule has 0 saturated carbocycles. The molecule has 0 heterocycles. The van der Waals surface area contributed by atoms with Crippen molar-refractivity contribution in [1.82, 2.24) is 0 Å². The monoisotopic (exact) mass is 274 g/mol. The van der Waals surface area contributed by atoms with E-state index in [9.17, 15) is 18.1 Å². The number of aliphatic hydroxyl groups excluding tert-OH is 1. The van der Waals surface area contributed by atoms with Crippen molar-refractivity contribution in [2.45, 2.75) is 6.10 Å². The second-order valence-electron chi connectivity index (χ2n) is 3.48. The van der Waals surface area contributed by atoms with Crippen LogP contribution >= 0.6 is 0 Å². The molecule has 0 bridgehead atoms. The van der Waals surface area contributed by atoms with Gasteiger partial charge in [0, 0.05) is 0 Å². The van der Waals surface area contributed by atoms with Crippen LogP contribution in [0, 0.1) is 0 Å². The van der Waals surface area contributed by atoms with Gasteiger partial charge in [-0.05, 0) is 17.7 Å². The van der Waals surface area contributed by atoms with Gasteiger partial charge >= 0.3 is 35.3 Å². The van der Waals surface area contributed by atoms with Crippen LogP contribution in [0.1, 0.15) is 11.1 Å². The van der Waals surface area contributed by atoms with Gasteiger partial charge < -0.3 is 15.2 Å². The molecule has 0 radical (unpaired) electrons. The van der Waals surface area contributed by atoms with Gasteiger partial charge in [0.25, 0.3) is 0 Å². The summed E-state index contributed by atoms with van der Waals surface area (Å²) >= 11 is 0. The minimum Gasteiger partial charge on any atom is -0.744 e. The normalized spacial score (nSPS) is 18.2. The molecule has 1 aliphatic carbocycles. The van der Waals surface area contributed by atoms with Crippen LogP contribution in [0.4, 0.5) is 0 Å². The summed E-state index contributed by atoms with van der Waals surface area (Å²) in [6.07, 6.45) is -0.658. The molecule has 1 aromatic carbocycles. The number of benzene rings is 1. The molecule has 18 heavy (non-hydrogen) atoms. The molecule has 0 saturated heterocycles. The van der Waals surface area contributed by atoms with Gasteiger partial charge in [-0.25, -0.2) is 8.42 Å². The zero-order valence-corrected chi connectivity index (χ0v) is 12.3. The maximum Gasteiger partial charge on any atom is 1.00 e. The summed E-state index contributed by atoms with van der Waals surface area (Å²) in [4.78, 5) is 2.14. The molecule has 0 fully saturated rings. The molecule has 1 atom stereocenters. The maximum atomic E-state index is 10.9. The van der Waals surface area contributed by atoms with Crippen LogP contribution in [-0.4, -0.2) is 34.7 Å². The second kappa shape index (κ2) is 5.46. The van der Waals surface area contributed by atoms with E-state index in [4.69, 9.17) is 5.53 Å². The second-order valence-corrected chi connectivity index (χ2v) is 4.86. The molecule has 1 unspecified atom stereocenters. The van der Waals surface area contributed by atoms with Crippen molar-refractivity contribution in [1.29, 1.82) is 0 Å². The first-order chi connectivity index (χ1) is 7.95. The van der Waals surface area contributed by atoms with E-state index >= 15 is 0 Å². The molecule has 0 amide bonds. The summed E-state index contributed by atoms with van der Waals surface area (Å²) in [5.74, 6) is 0. The molecule has 8 heteroatoms.